The van der Waals surface area contributed by atoms with Crippen LogP contribution in [0.5, 0.6) is 0 Å². The molecule has 0 saturated heterocycles. The number of rotatable bonds is 6. The van der Waals surface area contributed by atoms with Gasteiger partial charge in [0.1, 0.15) is 0 Å². The lowest BCUT2D eigenvalue weighted by atomic mass is 9.93. The highest BCUT2D eigenvalue weighted by Gasteiger charge is 2.05. The molecule has 0 heterocycles. The first kappa shape index (κ1) is 10.5. The molecule has 0 fully saturated rings. The molecule has 0 aliphatic heterocycles. The first-order valence-corrected chi connectivity index (χ1v) is 4.52. The summed E-state index contributed by atoms with van der Waals surface area (Å²) >= 11 is 0. The third-order valence-electron chi connectivity index (χ3n) is 2.26. The molecular weight excluding hydrogens is 134 g/mol. The van der Waals surface area contributed by atoms with Crippen LogP contribution >= 0.6 is 0 Å². The maximum Gasteiger partial charge on any atom is 0.0141 e. The Bertz CT molecular complexity index is 97.0. The zero-order valence-corrected chi connectivity index (χ0v) is 8.06. The third kappa shape index (κ3) is 5.96. The second-order valence-electron chi connectivity index (χ2n) is 3.52. The summed E-state index contributed by atoms with van der Waals surface area (Å²) in [4.78, 5) is 0. The fourth-order valence-corrected chi connectivity index (χ4v) is 0.961. The smallest absolute Gasteiger partial charge is 0.0141 e. The van der Waals surface area contributed by atoms with Crippen molar-refractivity contribution in [2.24, 2.45) is 11.8 Å². The average Bonchev–Trinajstić information content (AvgIpc) is 1.97. The van der Waals surface area contributed by atoms with Crippen molar-refractivity contribution in [2.75, 3.05) is 6.54 Å². The van der Waals surface area contributed by atoms with Gasteiger partial charge in [-0.15, -0.1) is 0 Å². The predicted octanol–water partition coefficient (Wildman–Crippen LogP) is 2.79. The van der Waals surface area contributed by atoms with E-state index in [1.807, 2.05) is 0 Å². The van der Waals surface area contributed by atoms with Crippen molar-refractivity contribution in [3.8, 4) is 0 Å². The topological polar surface area (TPSA) is 12.0 Å². The van der Waals surface area contributed by atoms with Crippen LogP contribution < -0.4 is 5.32 Å². The predicted molar refractivity (Wildman–Crippen MR) is 51.4 cm³/mol. The van der Waals surface area contributed by atoms with Gasteiger partial charge >= 0.3 is 0 Å². The summed E-state index contributed by atoms with van der Waals surface area (Å²) < 4.78 is 0. The Balaban J connectivity index is 3.17. The van der Waals surface area contributed by atoms with Gasteiger partial charge in [0.15, 0.2) is 0 Å². The summed E-state index contributed by atoms with van der Waals surface area (Å²) in [5.74, 6) is 1.67. The lowest BCUT2D eigenvalue weighted by molar-refractivity contribution is 0.381. The Labute approximate surface area is 70.9 Å². The first-order valence-electron chi connectivity index (χ1n) is 4.52. The molecule has 0 amide bonds. The van der Waals surface area contributed by atoms with E-state index in [0.29, 0.717) is 0 Å². The van der Waals surface area contributed by atoms with Crippen molar-refractivity contribution < 1.29 is 0 Å². The van der Waals surface area contributed by atoms with Crippen LogP contribution in [0.25, 0.3) is 0 Å². The van der Waals surface area contributed by atoms with Gasteiger partial charge in [0.2, 0.25) is 0 Å². The summed E-state index contributed by atoms with van der Waals surface area (Å²) in [5, 5.41) is 3.11. The highest BCUT2D eigenvalue weighted by atomic mass is 14.8. The van der Waals surface area contributed by atoms with E-state index in [9.17, 15) is 0 Å². The molecule has 1 atom stereocenters. The van der Waals surface area contributed by atoms with Gasteiger partial charge < -0.3 is 5.32 Å². The second-order valence-corrected chi connectivity index (χ2v) is 3.52. The Kier molecular flexibility index (Phi) is 6.00. The van der Waals surface area contributed by atoms with Gasteiger partial charge in [-0.05, 0) is 30.9 Å². The molecule has 0 saturated carbocycles. The van der Waals surface area contributed by atoms with Gasteiger partial charge in [-0.25, -0.2) is 0 Å². The Hall–Kier alpha value is -0.460. The monoisotopic (exact) mass is 155 g/mol. The van der Waals surface area contributed by atoms with E-state index in [4.69, 9.17) is 0 Å². The van der Waals surface area contributed by atoms with Crippen LogP contribution in [0.15, 0.2) is 12.8 Å². The fraction of sp³-hybridized carbons (Fsp3) is 0.800. The zero-order valence-electron chi connectivity index (χ0n) is 8.06. The van der Waals surface area contributed by atoms with E-state index in [2.05, 4.69) is 32.7 Å². The van der Waals surface area contributed by atoms with Crippen molar-refractivity contribution in [1.29, 1.82) is 0 Å². The standard InChI is InChI=1S/C10H21N/c1-5-11-8-6-7-10(4)9(2)3/h5,9-11H,1,6-8H2,2-4H3. The summed E-state index contributed by atoms with van der Waals surface area (Å²) in [6, 6.07) is 0. The molecular formula is C10H21N. The van der Waals surface area contributed by atoms with E-state index in [1.165, 1.54) is 12.8 Å². The Morgan fingerprint density at radius 2 is 2.00 bits per heavy atom. The molecule has 1 heteroatoms. The van der Waals surface area contributed by atoms with Crippen molar-refractivity contribution in [3.05, 3.63) is 12.8 Å². The molecule has 0 aromatic carbocycles. The molecule has 0 aromatic heterocycles. The SMILES string of the molecule is C=CNCCCC(C)C(C)C. The molecule has 66 valence electrons. The highest BCUT2D eigenvalue weighted by Crippen LogP contribution is 2.14. The molecule has 0 bridgehead atoms. The maximum absolute atomic E-state index is 3.60. The highest BCUT2D eigenvalue weighted by molar-refractivity contribution is 4.64. The molecule has 0 rings (SSSR count). The number of hydrogen-bond donors (Lipinski definition) is 1. The Morgan fingerprint density at radius 3 is 2.45 bits per heavy atom. The average molecular weight is 155 g/mol. The minimum absolute atomic E-state index is 0.818. The molecule has 1 nitrogen and oxygen atoms in total. The van der Waals surface area contributed by atoms with Gasteiger partial charge in [-0.2, -0.15) is 0 Å². The van der Waals surface area contributed by atoms with E-state index in [0.717, 1.165) is 18.4 Å². The normalized spacial score (nSPS) is 13.1. The van der Waals surface area contributed by atoms with Gasteiger partial charge in [-0.3, -0.25) is 0 Å². The largest absolute Gasteiger partial charge is 0.391 e. The van der Waals surface area contributed by atoms with Gasteiger partial charge in [0.05, 0.1) is 0 Å². The van der Waals surface area contributed by atoms with Crippen molar-refractivity contribution >= 4 is 0 Å². The van der Waals surface area contributed by atoms with E-state index < -0.39 is 0 Å². The lowest BCUT2D eigenvalue weighted by Crippen LogP contribution is -2.10. The lowest BCUT2D eigenvalue weighted by Gasteiger charge is -2.14. The summed E-state index contributed by atoms with van der Waals surface area (Å²) in [6.45, 7) is 11.6. The van der Waals surface area contributed by atoms with Crippen LogP contribution in [0.3, 0.4) is 0 Å². The van der Waals surface area contributed by atoms with Gasteiger partial charge in [0.25, 0.3) is 0 Å². The number of nitrogens with one attached hydrogen (secondary N) is 1. The van der Waals surface area contributed by atoms with Crippen LogP contribution in [0, 0.1) is 11.8 Å². The second kappa shape index (κ2) is 6.26. The fourth-order valence-electron chi connectivity index (χ4n) is 0.961. The molecule has 0 radical (unpaired) electrons. The van der Waals surface area contributed by atoms with Gasteiger partial charge in [-0.1, -0.05) is 27.4 Å². The van der Waals surface area contributed by atoms with Crippen LogP contribution in [-0.4, -0.2) is 6.54 Å². The molecule has 1 N–H and O–H groups in total. The Morgan fingerprint density at radius 1 is 1.36 bits per heavy atom. The molecule has 0 aromatic rings. The third-order valence-corrected chi connectivity index (χ3v) is 2.26. The van der Waals surface area contributed by atoms with E-state index >= 15 is 0 Å². The minimum atomic E-state index is 0.818. The molecule has 0 aliphatic carbocycles. The van der Waals surface area contributed by atoms with Crippen LogP contribution in [0.2, 0.25) is 0 Å². The zero-order chi connectivity index (χ0) is 8.69. The molecule has 1 unspecified atom stereocenters. The molecule has 0 aliphatic rings. The van der Waals surface area contributed by atoms with E-state index in [-0.39, 0.29) is 0 Å². The van der Waals surface area contributed by atoms with Crippen molar-refractivity contribution in [3.63, 3.8) is 0 Å². The van der Waals surface area contributed by atoms with Crippen LogP contribution in [0.1, 0.15) is 33.6 Å². The van der Waals surface area contributed by atoms with Crippen molar-refractivity contribution in [1.82, 2.24) is 5.32 Å². The molecule has 0 spiro atoms. The summed E-state index contributed by atoms with van der Waals surface area (Å²) in [5.41, 5.74) is 0. The minimum Gasteiger partial charge on any atom is -0.391 e. The molecule has 11 heavy (non-hydrogen) atoms. The van der Waals surface area contributed by atoms with Crippen molar-refractivity contribution in [2.45, 2.75) is 33.6 Å². The summed E-state index contributed by atoms with van der Waals surface area (Å²) in [6.07, 6.45) is 4.34. The summed E-state index contributed by atoms with van der Waals surface area (Å²) in [7, 11) is 0. The first-order chi connectivity index (χ1) is 5.18. The number of hydrogen-bond acceptors (Lipinski definition) is 1. The van der Waals surface area contributed by atoms with Gasteiger partial charge in [0, 0.05) is 6.54 Å². The van der Waals surface area contributed by atoms with Crippen LogP contribution in [0.4, 0.5) is 0 Å². The maximum atomic E-state index is 3.60. The quantitative estimate of drug-likeness (QED) is 0.582. The van der Waals surface area contributed by atoms with Crippen LogP contribution in [-0.2, 0) is 0 Å². The van der Waals surface area contributed by atoms with E-state index in [1.54, 1.807) is 6.20 Å².